The number of carbonyl (C=O) groups excluding carboxylic acids is 1. The predicted molar refractivity (Wildman–Crippen MR) is 32.0 cm³/mol. The first-order valence-corrected chi connectivity index (χ1v) is 2.63. The summed E-state index contributed by atoms with van der Waals surface area (Å²) in [5.74, 6) is -1.53. The van der Waals surface area contributed by atoms with Crippen LogP contribution in [-0.4, -0.2) is 16.0 Å². The summed E-state index contributed by atoms with van der Waals surface area (Å²) in [5.41, 5.74) is 0. The number of hydrogen-bond donors (Lipinski definition) is 2. The van der Waals surface area contributed by atoms with Crippen molar-refractivity contribution in [1.29, 1.82) is 0 Å². The molecule has 0 unspecified atom stereocenters. The Kier molecular flexibility index (Phi) is 1.37. The zero-order chi connectivity index (χ0) is 7.72. The number of furan rings is 1. The first kappa shape index (κ1) is 6.67. The van der Waals surface area contributed by atoms with Gasteiger partial charge in [-0.25, -0.2) is 0 Å². The van der Waals surface area contributed by atoms with E-state index < -0.39 is 17.3 Å². The molecule has 54 valence electrons. The molecule has 0 amide bonds. The van der Waals surface area contributed by atoms with E-state index in [1.165, 1.54) is 6.92 Å². The molecule has 0 radical (unpaired) electrons. The Morgan fingerprint density at radius 2 is 2.20 bits per heavy atom. The van der Waals surface area contributed by atoms with Crippen LogP contribution >= 0.6 is 0 Å². The van der Waals surface area contributed by atoms with Crippen molar-refractivity contribution >= 4 is 5.78 Å². The third-order valence-electron chi connectivity index (χ3n) is 1.07. The van der Waals surface area contributed by atoms with Crippen LogP contribution in [0.5, 0.6) is 11.5 Å². The molecule has 0 aromatic carbocycles. The van der Waals surface area contributed by atoms with Gasteiger partial charge in [0.25, 0.3) is 0 Å². The zero-order valence-electron chi connectivity index (χ0n) is 5.29. The van der Waals surface area contributed by atoms with Gasteiger partial charge in [0.1, 0.15) is 6.26 Å². The van der Waals surface area contributed by atoms with Crippen LogP contribution in [0.2, 0.25) is 0 Å². The topological polar surface area (TPSA) is 70.7 Å². The van der Waals surface area contributed by atoms with E-state index in [4.69, 9.17) is 10.2 Å². The molecule has 1 rings (SSSR count). The summed E-state index contributed by atoms with van der Waals surface area (Å²) >= 11 is 0. The second kappa shape index (κ2) is 2.06. The van der Waals surface area contributed by atoms with E-state index in [1.807, 2.05) is 0 Å². The standard InChI is InChI=1S/C6H6O4/c1-3(7)6-5(9)4(8)2-10-6/h2,8-9H,1H3. The SMILES string of the molecule is CC(=O)c1occ(O)c1O. The molecule has 0 aliphatic heterocycles. The van der Waals surface area contributed by atoms with Crippen molar-refractivity contribution in [1.82, 2.24) is 0 Å². The van der Waals surface area contributed by atoms with E-state index in [0.29, 0.717) is 0 Å². The van der Waals surface area contributed by atoms with Crippen LogP contribution in [0.1, 0.15) is 17.5 Å². The highest BCUT2D eigenvalue weighted by atomic mass is 16.4. The fourth-order valence-corrected chi connectivity index (χ4v) is 0.592. The minimum Gasteiger partial charge on any atom is -0.502 e. The molecule has 1 aromatic heterocycles. The van der Waals surface area contributed by atoms with Crippen molar-refractivity contribution in [3.8, 4) is 11.5 Å². The molecule has 1 aromatic rings. The van der Waals surface area contributed by atoms with Crippen molar-refractivity contribution < 1.29 is 19.4 Å². The van der Waals surface area contributed by atoms with Crippen LogP contribution in [0, 0.1) is 0 Å². The monoisotopic (exact) mass is 142 g/mol. The van der Waals surface area contributed by atoms with Crippen LogP contribution in [0.25, 0.3) is 0 Å². The van der Waals surface area contributed by atoms with Crippen LogP contribution in [0.3, 0.4) is 0 Å². The molecule has 4 heteroatoms. The summed E-state index contributed by atoms with van der Waals surface area (Å²) < 4.78 is 4.51. The molecule has 2 N–H and O–H groups in total. The molecule has 4 nitrogen and oxygen atoms in total. The van der Waals surface area contributed by atoms with Gasteiger partial charge in [-0.2, -0.15) is 0 Å². The normalized spacial score (nSPS) is 9.70. The Morgan fingerprint density at radius 1 is 1.60 bits per heavy atom. The van der Waals surface area contributed by atoms with E-state index in [1.54, 1.807) is 0 Å². The van der Waals surface area contributed by atoms with E-state index >= 15 is 0 Å². The fraction of sp³-hybridized carbons (Fsp3) is 0.167. The summed E-state index contributed by atoms with van der Waals surface area (Å²) in [6, 6.07) is 0. The minimum absolute atomic E-state index is 0.211. The van der Waals surface area contributed by atoms with Gasteiger partial charge in [-0.1, -0.05) is 0 Å². The lowest BCUT2D eigenvalue weighted by Crippen LogP contribution is -1.87. The Labute approximate surface area is 56.7 Å². The summed E-state index contributed by atoms with van der Waals surface area (Å²) in [5, 5.41) is 17.5. The summed E-state index contributed by atoms with van der Waals surface area (Å²) in [6.07, 6.45) is 0.909. The number of ketones is 1. The number of carbonyl (C=O) groups is 1. The predicted octanol–water partition coefficient (Wildman–Crippen LogP) is 0.893. The number of rotatable bonds is 1. The Balaban J connectivity index is 3.17. The van der Waals surface area contributed by atoms with Crippen molar-refractivity contribution in [2.45, 2.75) is 6.92 Å². The molecule has 10 heavy (non-hydrogen) atoms. The van der Waals surface area contributed by atoms with E-state index in [0.717, 1.165) is 6.26 Å². The fourth-order valence-electron chi connectivity index (χ4n) is 0.592. The third-order valence-corrected chi connectivity index (χ3v) is 1.07. The van der Waals surface area contributed by atoms with Crippen LogP contribution in [-0.2, 0) is 0 Å². The van der Waals surface area contributed by atoms with Gasteiger partial charge >= 0.3 is 0 Å². The van der Waals surface area contributed by atoms with Gasteiger partial charge in [0, 0.05) is 6.92 Å². The van der Waals surface area contributed by atoms with Gasteiger partial charge in [-0.05, 0) is 0 Å². The number of Topliss-reactive ketones (excluding diaryl/α,β-unsaturated/α-hetero) is 1. The maximum atomic E-state index is 10.5. The second-order valence-corrected chi connectivity index (χ2v) is 1.85. The first-order valence-electron chi connectivity index (χ1n) is 2.63. The molecule has 1 heterocycles. The molecule has 0 bridgehead atoms. The highest BCUT2D eigenvalue weighted by Gasteiger charge is 2.14. The van der Waals surface area contributed by atoms with Gasteiger partial charge in [0.2, 0.25) is 11.5 Å². The molecule has 0 spiro atoms. The van der Waals surface area contributed by atoms with Crippen molar-refractivity contribution in [3.05, 3.63) is 12.0 Å². The zero-order valence-corrected chi connectivity index (χ0v) is 5.29. The Hall–Kier alpha value is -1.45. The summed E-state index contributed by atoms with van der Waals surface area (Å²) in [4.78, 5) is 10.5. The third kappa shape index (κ3) is 0.834. The largest absolute Gasteiger partial charge is 0.502 e. The molecule has 0 aliphatic rings. The highest BCUT2D eigenvalue weighted by molar-refractivity contribution is 5.94. The molecule has 0 saturated heterocycles. The van der Waals surface area contributed by atoms with Gasteiger partial charge < -0.3 is 14.6 Å². The second-order valence-electron chi connectivity index (χ2n) is 1.85. The van der Waals surface area contributed by atoms with Crippen LogP contribution in [0.15, 0.2) is 10.7 Å². The van der Waals surface area contributed by atoms with E-state index in [9.17, 15) is 4.79 Å². The van der Waals surface area contributed by atoms with E-state index in [-0.39, 0.29) is 5.76 Å². The van der Waals surface area contributed by atoms with Crippen LogP contribution < -0.4 is 0 Å². The van der Waals surface area contributed by atoms with Crippen molar-refractivity contribution in [2.75, 3.05) is 0 Å². The van der Waals surface area contributed by atoms with Crippen molar-refractivity contribution in [3.63, 3.8) is 0 Å². The lowest BCUT2D eigenvalue weighted by Gasteiger charge is -1.87. The van der Waals surface area contributed by atoms with Gasteiger partial charge in [0.05, 0.1) is 0 Å². The minimum atomic E-state index is -0.493. The Bertz CT molecular complexity index is 261. The average molecular weight is 142 g/mol. The summed E-state index contributed by atoms with van der Waals surface area (Å²) in [7, 11) is 0. The number of hydrogen-bond acceptors (Lipinski definition) is 4. The quantitative estimate of drug-likeness (QED) is 0.571. The highest BCUT2D eigenvalue weighted by Crippen LogP contribution is 2.30. The molecule has 0 atom stereocenters. The molecular formula is C6H6O4. The van der Waals surface area contributed by atoms with Gasteiger partial charge in [-0.15, -0.1) is 0 Å². The average Bonchev–Trinajstić information content (AvgIpc) is 2.14. The first-order chi connectivity index (χ1) is 4.63. The molecule has 0 fully saturated rings. The van der Waals surface area contributed by atoms with Gasteiger partial charge in [-0.3, -0.25) is 4.79 Å². The van der Waals surface area contributed by atoms with Gasteiger partial charge in [0.15, 0.2) is 11.5 Å². The van der Waals surface area contributed by atoms with Crippen molar-refractivity contribution in [2.24, 2.45) is 0 Å². The lowest BCUT2D eigenvalue weighted by atomic mass is 10.3. The molecule has 0 saturated carbocycles. The van der Waals surface area contributed by atoms with E-state index in [2.05, 4.69) is 4.42 Å². The maximum absolute atomic E-state index is 10.5. The lowest BCUT2D eigenvalue weighted by molar-refractivity contribution is 0.0983. The summed E-state index contributed by atoms with van der Waals surface area (Å²) in [6.45, 7) is 1.23. The Morgan fingerprint density at radius 3 is 2.40 bits per heavy atom. The smallest absolute Gasteiger partial charge is 0.214 e. The van der Waals surface area contributed by atoms with Crippen LogP contribution in [0.4, 0.5) is 0 Å². The maximum Gasteiger partial charge on any atom is 0.214 e. The molecular weight excluding hydrogens is 136 g/mol. The number of aromatic hydroxyl groups is 2. The molecule has 0 aliphatic carbocycles.